The van der Waals surface area contributed by atoms with Crippen LogP contribution in [-0.2, 0) is 21.3 Å². The zero-order valence-electron chi connectivity index (χ0n) is 24.2. The van der Waals surface area contributed by atoms with E-state index in [2.05, 4.69) is 26.1 Å². The van der Waals surface area contributed by atoms with E-state index in [0.717, 1.165) is 16.8 Å². The van der Waals surface area contributed by atoms with Crippen LogP contribution in [0.5, 0.6) is 5.75 Å². The van der Waals surface area contributed by atoms with Crippen LogP contribution in [0.15, 0.2) is 65.8 Å². The van der Waals surface area contributed by atoms with Gasteiger partial charge in [0, 0.05) is 40.0 Å². The lowest BCUT2D eigenvalue weighted by molar-refractivity contribution is -0.122. The zero-order chi connectivity index (χ0) is 30.0. The van der Waals surface area contributed by atoms with Gasteiger partial charge in [0.1, 0.15) is 16.8 Å². The highest BCUT2D eigenvalue weighted by Gasteiger charge is 2.60. The van der Waals surface area contributed by atoms with Crippen molar-refractivity contribution in [2.24, 2.45) is 4.99 Å². The number of carbonyl (C=O) groups is 1. The van der Waals surface area contributed by atoms with Crippen LogP contribution >= 0.6 is 23.2 Å². The fourth-order valence-electron chi connectivity index (χ4n) is 4.94. The highest BCUT2D eigenvalue weighted by atomic mass is 35.5. The number of benzene rings is 2. The van der Waals surface area contributed by atoms with E-state index in [1.54, 1.807) is 18.3 Å². The Kier molecular flexibility index (Phi) is 8.87. The highest BCUT2D eigenvalue weighted by Crippen LogP contribution is 2.53. The van der Waals surface area contributed by atoms with Gasteiger partial charge in [0.05, 0.1) is 18.8 Å². The number of amidine groups is 1. The van der Waals surface area contributed by atoms with Crippen LogP contribution < -0.4 is 10.1 Å². The van der Waals surface area contributed by atoms with Crippen molar-refractivity contribution in [1.82, 2.24) is 15.4 Å². The number of aliphatic hydroxyl groups excluding tert-OH is 1. The van der Waals surface area contributed by atoms with Gasteiger partial charge in [-0.25, -0.2) is 4.79 Å². The van der Waals surface area contributed by atoms with E-state index < -0.39 is 17.2 Å². The monoisotopic (exact) mass is 598 g/mol. The average molecular weight is 600 g/mol. The summed E-state index contributed by atoms with van der Waals surface area (Å²) in [5, 5.41) is 14.5. The number of hydrogen-bond donors (Lipinski definition) is 2. The number of nitrogens with zero attached hydrogens (tertiary/aromatic N) is 3. The first-order valence-corrected chi connectivity index (χ1v) is 14.2. The van der Waals surface area contributed by atoms with Gasteiger partial charge in [-0.3, -0.25) is 9.98 Å². The van der Waals surface area contributed by atoms with E-state index >= 15 is 0 Å². The number of rotatable bonds is 8. The maximum absolute atomic E-state index is 13.1. The normalized spacial score (nSPS) is 20.5. The quantitative estimate of drug-likeness (QED) is 0.303. The lowest BCUT2D eigenvalue weighted by Crippen LogP contribution is -2.54. The number of aromatic nitrogens is 1. The standard InChI is InChI=1S/C31H36Cl2N4O4/c1-7-40-25-18-26(29(2,3)4)35-19-24(25)27-36-30(5,20-8-12-22(32)13-9-20)31(6,21-10-14-23(33)15-11-21)37(27)41-28(39)34-16-17-38/h8-15,18-19,38H,7,16-17H2,1-6H3,(H,34,39)/t30-,31+/m0/s1. The van der Waals surface area contributed by atoms with E-state index in [4.69, 9.17) is 42.8 Å². The Morgan fingerprint density at radius 3 is 2.15 bits per heavy atom. The van der Waals surface area contributed by atoms with Gasteiger partial charge in [-0.05, 0) is 56.2 Å². The maximum atomic E-state index is 13.1. The van der Waals surface area contributed by atoms with Crippen LogP contribution in [0.1, 0.15) is 63.9 Å². The Morgan fingerprint density at radius 2 is 1.61 bits per heavy atom. The van der Waals surface area contributed by atoms with Crippen molar-refractivity contribution in [3.05, 3.63) is 93.2 Å². The molecule has 2 aromatic carbocycles. The SMILES string of the molecule is CCOc1cc(C(C)(C)C)ncc1C1=N[C@@](C)(c2ccc(Cl)cc2)[C@@](C)(c2ccc(Cl)cc2)N1OC(=O)NCCO. The van der Waals surface area contributed by atoms with Gasteiger partial charge in [-0.15, -0.1) is 0 Å². The van der Waals surface area contributed by atoms with E-state index in [9.17, 15) is 9.90 Å². The number of nitrogens with one attached hydrogen (secondary N) is 1. The first-order valence-electron chi connectivity index (χ1n) is 13.5. The van der Waals surface area contributed by atoms with Crippen molar-refractivity contribution >= 4 is 35.1 Å². The molecular formula is C31H36Cl2N4O4. The molecule has 1 amide bonds. The van der Waals surface area contributed by atoms with E-state index in [1.165, 1.54) is 5.06 Å². The summed E-state index contributed by atoms with van der Waals surface area (Å²) in [5.74, 6) is 0.921. The predicted octanol–water partition coefficient (Wildman–Crippen LogP) is 6.61. The average Bonchev–Trinajstić information content (AvgIpc) is 3.15. The van der Waals surface area contributed by atoms with E-state index in [0.29, 0.717) is 33.8 Å². The molecular weight excluding hydrogens is 563 g/mol. The highest BCUT2D eigenvalue weighted by molar-refractivity contribution is 6.30. The molecule has 1 aliphatic heterocycles. The predicted molar refractivity (Wildman–Crippen MR) is 162 cm³/mol. The number of hydroxylamine groups is 2. The number of carbonyl (C=O) groups excluding carboxylic acids is 1. The second-order valence-electron chi connectivity index (χ2n) is 11.2. The van der Waals surface area contributed by atoms with Crippen LogP contribution in [0.25, 0.3) is 0 Å². The smallest absolute Gasteiger partial charge is 0.431 e. The fourth-order valence-corrected chi connectivity index (χ4v) is 5.19. The summed E-state index contributed by atoms with van der Waals surface area (Å²) in [6.45, 7) is 12.3. The largest absolute Gasteiger partial charge is 0.493 e. The molecule has 0 unspecified atom stereocenters. The molecule has 2 atom stereocenters. The van der Waals surface area contributed by atoms with Crippen LogP contribution in [-0.4, -0.2) is 46.8 Å². The van der Waals surface area contributed by atoms with Crippen molar-refractivity contribution in [3.63, 3.8) is 0 Å². The summed E-state index contributed by atoms with van der Waals surface area (Å²) in [4.78, 5) is 29.2. The van der Waals surface area contributed by atoms with Gasteiger partial charge in [0.2, 0.25) is 0 Å². The first-order chi connectivity index (χ1) is 19.3. The number of ether oxygens (including phenoxy) is 1. The van der Waals surface area contributed by atoms with Crippen LogP contribution in [0, 0.1) is 0 Å². The summed E-state index contributed by atoms with van der Waals surface area (Å²) < 4.78 is 6.11. The number of aliphatic hydroxyl groups is 1. The second kappa shape index (κ2) is 11.9. The third-order valence-electron chi connectivity index (χ3n) is 7.42. The molecule has 0 saturated heterocycles. The van der Waals surface area contributed by atoms with Crippen molar-refractivity contribution in [3.8, 4) is 5.75 Å². The Hall–Kier alpha value is -3.33. The van der Waals surface area contributed by atoms with Gasteiger partial charge in [-0.2, -0.15) is 5.06 Å². The molecule has 0 fully saturated rings. The Balaban J connectivity index is 2.01. The van der Waals surface area contributed by atoms with E-state index in [1.807, 2.05) is 63.2 Å². The van der Waals surface area contributed by atoms with Crippen molar-refractivity contribution in [1.29, 1.82) is 0 Å². The second-order valence-corrected chi connectivity index (χ2v) is 12.0. The Morgan fingerprint density at radius 1 is 1.02 bits per heavy atom. The maximum Gasteiger partial charge on any atom is 0.431 e. The molecule has 218 valence electrons. The van der Waals surface area contributed by atoms with Gasteiger partial charge < -0.3 is 20.0 Å². The molecule has 0 bridgehead atoms. The van der Waals surface area contributed by atoms with E-state index in [-0.39, 0.29) is 18.6 Å². The Labute approximate surface area is 251 Å². The summed E-state index contributed by atoms with van der Waals surface area (Å²) >= 11 is 12.5. The number of halogens is 2. The number of aliphatic imine (C=N–C) groups is 1. The van der Waals surface area contributed by atoms with Crippen LogP contribution in [0.4, 0.5) is 4.79 Å². The van der Waals surface area contributed by atoms with Gasteiger partial charge in [0.15, 0.2) is 5.84 Å². The number of amides is 1. The van der Waals surface area contributed by atoms with Crippen molar-refractivity contribution < 1.29 is 19.5 Å². The van der Waals surface area contributed by atoms with Crippen molar-refractivity contribution in [2.45, 2.75) is 58.0 Å². The molecule has 1 aromatic heterocycles. The molecule has 0 aliphatic carbocycles. The topological polar surface area (TPSA) is 96.3 Å². The molecule has 0 radical (unpaired) electrons. The third-order valence-corrected chi connectivity index (χ3v) is 7.92. The fraction of sp³-hybridized carbons (Fsp3) is 0.387. The minimum Gasteiger partial charge on any atom is -0.493 e. The molecule has 0 saturated carbocycles. The van der Waals surface area contributed by atoms with Gasteiger partial charge in [-0.1, -0.05) is 68.2 Å². The van der Waals surface area contributed by atoms with Crippen LogP contribution in [0.2, 0.25) is 10.0 Å². The third kappa shape index (κ3) is 5.87. The number of pyridine rings is 1. The van der Waals surface area contributed by atoms with Crippen LogP contribution in [0.3, 0.4) is 0 Å². The Bertz CT molecular complexity index is 1420. The molecule has 2 heterocycles. The zero-order valence-corrected chi connectivity index (χ0v) is 25.7. The lowest BCUT2D eigenvalue weighted by Gasteiger charge is -2.44. The van der Waals surface area contributed by atoms with Crippen molar-refractivity contribution in [2.75, 3.05) is 19.8 Å². The molecule has 4 rings (SSSR count). The summed E-state index contributed by atoms with van der Waals surface area (Å²) in [5.41, 5.74) is 0.747. The van der Waals surface area contributed by atoms with Gasteiger partial charge >= 0.3 is 6.09 Å². The lowest BCUT2D eigenvalue weighted by atomic mass is 9.71. The summed E-state index contributed by atoms with van der Waals surface area (Å²) in [7, 11) is 0. The molecule has 2 N–H and O–H groups in total. The minimum absolute atomic E-state index is 0.0251. The molecule has 41 heavy (non-hydrogen) atoms. The molecule has 3 aromatic rings. The first kappa shape index (κ1) is 30.6. The minimum atomic E-state index is -1.08. The summed E-state index contributed by atoms with van der Waals surface area (Å²) in [6.07, 6.45) is 0.965. The summed E-state index contributed by atoms with van der Waals surface area (Å²) in [6, 6.07) is 16.7. The number of hydrogen-bond acceptors (Lipinski definition) is 7. The molecule has 1 aliphatic rings. The molecule has 0 spiro atoms. The molecule has 10 heteroatoms. The van der Waals surface area contributed by atoms with Gasteiger partial charge in [0.25, 0.3) is 0 Å². The molecule has 8 nitrogen and oxygen atoms in total.